The molecule has 0 radical (unpaired) electrons. The first kappa shape index (κ1) is 17.5. The van der Waals surface area contributed by atoms with E-state index >= 15 is 0 Å². The predicted octanol–water partition coefficient (Wildman–Crippen LogP) is 2.65. The van der Waals surface area contributed by atoms with Gasteiger partial charge in [0.15, 0.2) is 11.6 Å². The molecule has 0 fully saturated rings. The number of anilines is 1. The zero-order chi connectivity index (χ0) is 19.7. The molecular weight excluding hydrogens is 358 g/mol. The summed E-state index contributed by atoms with van der Waals surface area (Å²) in [7, 11) is 3.10. The molecule has 0 saturated carbocycles. The maximum Gasteiger partial charge on any atom is 0.260 e. The highest BCUT2D eigenvalue weighted by molar-refractivity contribution is 6.09. The number of ether oxygens (including phenoxy) is 2. The van der Waals surface area contributed by atoms with E-state index in [-0.39, 0.29) is 12.5 Å². The second-order valence-electron chi connectivity index (χ2n) is 6.23. The fourth-order valence-corrected chi connectivity index (χ4v) is 3.23. The first-order chi connectivity index (χ1) is 13.6. The summed E-state index contributed by atoms with van der Waals surface area (Å²) < 4.78 is 12.0. The van der Waals surface area contributed by atoms with Crippen molar-refractivity contribution in [3.05, 3.63) is 53.9 Å². The lowest BCUT2D eigenvalue weighted by Crippen LogP contribution is -2.23. The van der Waals surface area contributed by atoms with E-state index in [1.54, 1.807) is 30.5 Å². The second kappa shape index (κ2) is 7.04. The van der Waals surface area contributed by atoms with Gasteiger partial charge in [-0.05, 0) is 29.3 Å². The van der Waals surface area contributed by atoms with Crippen LogP contribution in [0, 0.1) is 11.3 Å². The maximum atomic E-state index is 12.8. The van der Waals surface area contributed by atoms with Crippen molar-refractivity contribution in [2.24, 2.45) is 0 Å². The summed E-state index contributed by atoms with van der Waals surface area (Å²) in [6.45, 7) is 0.567. The fourth-order valence-electron chi connectivity index (χ4n) is 3.23. The molecule has 1 aliphatic rings. The summed E-state index contributed by atoms with van der Waals surface area (Å²) in [4.78, 5) is 18.6. The molecule has 1 aromatic carbocycles. The number of nitrogens with zero attached hydrogens (tertiary/aromatic N) is 5. The van der Waals surface area contributed by atoms with Gasteiger partial charge in [-0.1, -0.05) is 6.07 Å². The monoisotopic (exact) mass is 375 g/mol. The fraction of sp³-hybridized carbons (Fsp3) is 0.200. The van der Waals surface area contributed by atoms with Crippen molar-refractivity contribution in [3.63, 3.8) is 0 Å². The van der Waals surface area contributed by atoms with Crippen molar-refractivity contribution in [1.29, 1.82) is 5.26 Å². The Balaban J connectivity index is 1.64. The van der Waals surface area contributed by atoms with E-state index in [0.717, 1.165) is 16.7 Å². The SMILES string of the molecule is COc1cc(-c2ccc3c(c2)CN(c2ccn(CC#N)n2)C3=O)cnc1OC. The van der Waals surface area contributed by atoms with Crippen LogP contribution in [0.5, 0.6) is 11.6 Å². The third kappa shape index (κ3) is 2.93. The summed E-state index contributed by atoms with van der Waals surface area (Å²) >= 11 is 0. The predicted molar refractivity (Wildman–Crippen MR) is 101 cm³/mol. The Morgan fingerprint density at radius 3 is 2.79 bits per heavy atom. The van der Waals surface area contributed by atoms with Gasteiger partial charge >= 0.3 is 0 Å². The highest BCUT2D eigenvalue weighted by Crippen LogP contribution is 2.33. The number of carbonyl (C=O) groups excluding carboxylic acids is 1. The van der Waals surface area contributed by atoms with Crippen LogP contribution in [0.3, 0.4) is 0 Å². The van der Waals surface area contributed by atoms with E-state index < -0.39 is 0 Å². The molecule has 8 heteroatoms. The third-order valence-electron chi connectivity index (χ3n) is 4.61. The van der Waals surface area contributed by atoms with Gasteiger partial charge in [0.05, 0.1) is 26.8 Å². The molecule has 28 heavy (non-hydrogen) atoms. The van der Waals surface area contributed by atoms with Crippen molar-refractivity contribution >= 4 is 11.7 Å². The minimum atomic E-state index is -0.103. The number of carbonyl (C=O) groups is 1. The van der Waals surface area contributed by atoms with Crippen molar-refractivity contribution < 1.29 is 14.3 Å². The van der Waals surface area contributed by atoms with Crippen molar-refractivity contribution in [2.75, 3.05) is 19.1 Å². The molecule has 4 rings (SSSR count). The molecule has 3 heterocycles. The number of hydrogen-bond acceptors (Lipinski definition) is 6. The standard InChI is InChI=1S/C20H17N5O3/c1-27-17-10-14(11-22-19(17)28-2)13-3-4-16-15(9-13)12-25(20(16)26)18-5-7-24(23-18)8-6-21/h3-5,7,9-11H,8,12H2,1-2H3. The highest BCUT2D eigenvalue weighted by Gasteiger charge is 2.30. The van der Waals surface area contributed by atoms with Crippen molar-refractivity contribution in [1.82, 2.24) is 14.8 Å². The molecule has 0 N–H and O–H groups in total. The number of aromatic nitrogens is 3. The highest BCUT2D eigenvalue weighted by atomic mass is 16.5. The first-order valence-corrected chi connectivity index (χ1v) is 8.58. The average Bonchev–Trinajstić information content (AvgIpc) is 3.31. The molecule has 1 amide bonds. The lowest BCUT2D eigenvalue weighted by atomic mass is 10.0. The zero-order valence-electron chi connectivity index (χ0n) is 15.4. The lowest BCUT2D eigenvalue weighted by Gasteiger charge is -2.11. The number of amides is 1. The van der Waals surface area contributed by atoms with E-state index in [4.69, 9.17) is 14.7 Å². The Bertz CT molecular complexity index is 1100. The van der Waals surface area contributed by atoms with Crippen LogP contribution < -0.4 is 14.4 Å². The average molecular weight is 375 g/mol. The number of pyridine rings is 1. The Morgan fingerprint density at radius 2 is 2.04 bits per heavy atom. The number of fused-ring (bicyclic) bond motifs is 1. The van der Waals surface area contributed by atoms with Crippen molar-refractivity contribution in [2.45, 2.75) is 13.1 Å². The number of rotatable bonds is 5. The summed E-state index contributed by atoms with van der Waals surface area (Å²) in [6.07, 6.45) is 3.40. The second-order valence-corrected chi connectivity index (χ2v) is 6.23. The number of benzene rings is 1. The van der Waals surface area contributed by atoms with Gasteiger partial charge in [0.25, 0.3) is 11.8 Å². The molecule has 0 bridgehead atoms. The summed E-state index contributed by atoms with van der Waals surface area (Å²) in [5.41, 5.74) is 3.35. The summed E-state index contributed by atoms with van der Waals surface area (Å²) in [5.74, 6) is 1.39. The zero-order valence-corrected chi connectivity index (χ0v) is 15.4. The quantitative estimate of drug-likeness (QED) is 0.681. The normalized spacial score (nSPS) is 12.6. The molecule has 8 nitrogen and oxygen atoms in total. The molecular formula is C20H17N5O3. The molecule has 3 aromatic rings. The molecule has 140 valence electrons. The molecule has 0 atom stereocenters. The topological polar surface area (TPSA) is 93.3 Å². The molecule has 0 unspecified atom stereocenters. The van der Waals surface area contributed by atoms with Crippen LogP contribution >= 0.6 is 0 Å². The van der Waals surface area contributed by atoms with Gasteiger partial charge in [0.1, 0.15) is 6.54 Å². The number of nitriles is 1. The molecule has 2 aromatic heterocycles. The Hall–Kier alpha value is -3.86. The van der Waals surface area contributed by atoms with E-state index in [2.05, 4.69) is 10.1 Å². The third-order valence-corrected chi connectivity index (χ3v) is 4.61. The Morgan fingerprint density at radius 1 is 1.18 bits per heavy atom. The summed E-state index contributed by atoms with van der Waals surface area (Å²) in [6, 6.07) is 11.3. The van der Waals surface area contributed by atoms with E-state index in [1.165, 1.54) is 11.8 Å². The van der Waals surface area contributed by atoms with Crippen molar-refractivity contribution in [3.8, 4) is 28.8 Å². The maximum absolute atomic E-state index is 12.8. The molecule has 0 saturated heterocycles. The Kier molecular flexibility index (Phi) is 4.41. The number of hydrogen-bond donors (Lipinski definition) is 0. The number of methoxy groups -OCH3 is 2. The molecule has 1 aliphatic heterocycles. The van der Waals surface area contributed by atoms with Gasteiger partial charge in [-0.15, -0.1) is 0 Å². The van der Waals surface area contributed by atoms with E-state index in [1.807, 2.05) is 30.3 Å². The van der Waals surface area contributed by atoms with Crippen LogP contribution in [0.4, 0.5) is 5.82 Å². The minimum absolute atomic E-state index is 0.103. The van der Waals surface area contributed by atoms with Gasteiger partial charge in [0, 0.05) is 29.6 Å². The first-order valence-electron chi connectivity index (χ1n) is 8.58. The smallest absolute Gasteiger partial charge is 0.260 e. The summed E-state index contributed by atoms with van der Waals surface area (Å²) in [5, 5.41) is 13.1. The van der Waals surface area contributed by atoms with E-state index in [0.29, 0.717) is 29.6 Å². The van der Waals surface area contributed by atoms with Crippen LogP contribution in [0.1, 0.15) is 15.9 Å². The van der Waals surface area contributed by atoms with Gasteiger partial charge in [0.2, 0.25) is 0 Å². The van der Waals surface area contributed by atoms with Crippen LogP contribution in [0.2, 0.25) is 0 Å². The van der Waals surface area contributed by atoms with Crippen LogP contribution in [0.15, 0.2) is 42.7 Å². The van der Waals surface area contributed by atoms with Crippen LogP contribution in [0.25, 0.3) is 11.1 Å². The molecule has 0 aliphatic carbocycles. The van der Waals surface area contributed by atoms with Gasteiger partial charge < -0.3 is 9.47 Å². The van der Waals surface area contributed by atoms with Gasteiger partial charge in [-0.25, -0.2) is 4.98 Å². The molecule has 0 spiro atoms. The minimum Gasteiger partial charge on any atom is -0.491 e. The van der Waals surface area contributed by atoms with Crippen LogP contribution in [-0.2, 0) is 13.1 Å². The Labute approximate surface area is 161 Å². The van der Waals surface area contributed by atoms with E-state index in [9.17, 15) is 4.79 Å². The lowest BCUT2D eigenvalue weighted by molar-refractivity contribution is 0.0996. The van der Waals surface area contributed by atoms with Gasteiger partial charge in [-0.2, -0.15) is 10.4 Å². The van der Waals surface area contributed by atoms with Crippen LogP contribution in [-0.4, -0.2) is 34.9 Å². The van der Waals surface area contributed by atoms with Gasteiger partial charge in [-0.3, -0.25) is 14.4 Å². The largest absolute Gasteiger partial charge is 0.491 e.